The third-order valence-corrected chi connectivity index (χ3v) is 5.14. The largest absolute Gasteiger partial charge is 0.292 e. The fourth-order valence-electron chi connectivity index (χ4n) is 1.40. The van der Waals surface area contributed by atoms with Crippen LogP contribution in [-0.2, 0) is 0 Å². The van der Waals surface area contributed by atoms with Crippen molar-refractivity contribution in [3.05, 3.63) is 50.6 Å². The van der Waals surface area contributed by atoms with Gasteiger partial charge in [0, 0.05) is 4.90 Å². The van der Waals surface area contributed by atoms with Crippen LogP contribution in [-0.4, -0.2) is 11.5 Å². The van der Waals surface area contributed by atoms with E-state index in [-0.39, 0.29) is 5.78 Å². The number of hydrogen-bond acceptors (Lipinski definition) is 3. The summed E-state index contributed by atoms with van der Waals surface area (Å²) in [6.45, 7) is 2.06. The van der Waals surface area contributed by atoms with Crippen LogP contribution in [0.3, 0.4) is 0 Å². The van der Waals surface area contributed by atoms with Gasteiger partial charge in [0.15, 0.2) is 5.78 Å². The van der Waals surface area contributed by atoms with Crippen molar-refractivity contribution >= 4 is 44.8 Å². The number of Topliss-reactive ketones (excluding diaryl/α,β-unsaturated/α-hetero) is 1. The molecule has 0 aliphatic rings. The first-order valence-electron chi connectivity index (χ1n) is 5.14. The van der Waals surface area contributed by atoms with Gasteiger partial charge in [-0.15, -0.1) is 23.1 Å². The molecule has 1 nitrogen and oxygen atoms in total. The zero-order valence-corrected chi connectivity index (χ0v) is 12.5. The van der Waals surface area contributed by atoms with E-state index in [4.69, 9.17) is 0 Å². The Bertz CT molecular complexity index is 534. The summed E-state index contributed by atoms with van der Waals surface area (Å²) in [6.07, 6.45) is 0. The maximum Gasteiger partial charge on any atom is 0.183 e. The molecule has 4 heteroatoms. The maximum absolute atomic E-state index is 11.9. The first-order chi connectivity index (χ1) is 8.16. The molecule has 0 spiro atoms. The van der Waals surface area contributed by atoms with Gasteiger partial charge >= 0.3 is 0 Å². The molecule has 0 aliphatic heterocycles. The average Bonchev–Trinajstić information content (AvgIpc) is 2.74. The van der Waals surface area contributed by atoms with Crippen molar-refractivity contribution < 1.29 is 4.79 Å². The molecule has 0 radical (unpaired) electrons. The molecule has 1 heterocycles. The van der Waals surface area contributed by atoms with Gasteiger partial charge < -0.3 is 0 Å². The van der Waals surface area contributed by atoms with Crippen LogP contribution < -0.4 is 0 Å². The molecule has 0 saturated carbocycles. The Kier molecular flexibility index (Phi) is 4.42. The second-order valence-corrected chi connectivity index (χ2v) is 7.06. The zero-order chi connectivity index (χ0) is 12.3. The highest BCUT2D eigenvalue weighted by Crippen LogP contribution is 2.26. The first-order valence-corrected chi connectivity index (χ1v) is 7.73. The molecule has 0 fully saturated rings. The number of aryl methyl sites for hydroxylation is 1. The molecule has 2 rings (SSSR count). The summed E-state index contributed by atoms with van der Waals surface area (Å²) < 4.78 is 1.00. The van der Waals surface area contributed by atoms with E-state index >= 15 is 0 Å². The number of rotatable bonds is 4. The van der Waals surface area contributed by atoms with E-state index in [9.17, 15) is 4.79 Å². The van der Waals surface area contributed by atoms with Gasteiger partial charge in [-0.05, 0) is 46.6 Å². The summed E-state index contributed by atoms with van der Waals surface area (Å²) in [5.74, 6) is 0.687. The summed E-state index contributed by atoms with van der Waals surface area (Å²) in [4.78, 5) is 13.9. The Morgan fingerprint density at radius 3 is 2.71 bits per heavy atom. The lowest BCUT2D eigenvalue weighted by atomic mass is 10.2. The van der Waals surface area contributed by atoms with Crippen molar-refractivity contribution in [2.24, 2.45) is 0 Å². The van der Waals surface area contributed by atoms with Crippen LogP contribution in [0.1, 0.15) is 15.2 Å². The lowest BCUT2D eigenvalue weighted by Crippen LogP contribution is -1.99. The molecule has 2 aromatic rings. The van der Waals surface area contributed by atoms with Gasteiger partial charge in [0.2, 0.25) is 0 Å². The number of carbonyl (C=O) groups excluding carboxylic acids is 1. The topological polar surface area (TPSA) is 17.1 Å². The molecular formula is C13H11BrOS2. The van der Waals surface area contributed by atoms with Crippen LogP contribution in [0.15, 0.2) is 45.1 Å². The SMILES string of the molecule is Cc1ccccc1SCC(=O)c1ccc(Br)s1. The van der Waals surface area contributed by atoms with Crippen LogP contribution in [0.25, 0.3) is 0 Å². The minimum Gasteiger partial charge on any atom is -0.292 e. The fourth-order valence-corrected chi connectivity index (χ4v) is 3.72. The summed E-state index contributed by atoms with van der Waals surface area (Å²) >= 11 is 6.46. The van der Waals surface area contributed by atoms with Gasteiger partial charge in [-0.25, -0.2) is 0 Å². The molecule has 17 heavy (non-hydrogen) atoms. The van der Waals surface area contributed by atoms with Crippen molar-refractivity contribution in [3.8, 4) is 0 Å². The Morgan fingerprint density at radius 1 is 1.29 bits per heavy atom. The highest BCUT2D eigenvalue weighted by Gasteiger charge is 2.09. The molecule has 0 amide bonds. The van der Waals surface area contributed by atoms with E-state index < -0.39 is 0 Å². The van der Waals surface area contributed by atoms with Crippen molar-refractivity contribution in [2.75, 3.05) is 5.75 Å². The maximum atomic E-state index is 11.9. The Hall–Kier alpha value is -0.580. The first kappa shape index (κ1) is 12.9. The van der Waals surface area contributed by atoms with Gasteiger partial charge in [-0.3, -0.25) is 4.79 Å². The van der Waals surface area contributed by atoms with E-state index in [0.717, 1.165) is 8.66 Å². The molecule has 0 unspecified atom stereocenters. The van der Waals surface area contributed by atoms with Gasteiger partial charge in [-0.2, -0.15) is 0 Å². The monoisotopic (exact) mass is 326 g/mol. The van der Waals surface area contributed by atoms with Crippen molar-refractivity contribution in [3.63, 3.8) is 0 Å². The predicted octanol–water partition coefficient (Wildman–Crippen LogP) is 4.79. The van der Waals surface area contributed by atoms with E-state index in [2.05, 4.69) is 35.0 Å². The van der Waals surface area contributed by atoms with Crippen LogP contribution in [0.5, 0.6) is 0 Å². The van der Waals surface area contributed by atoms with Crippen molar-refractivity contribution in [2.45, 2.75) is 11.8 Å². The average molecular weight is 327 g/mol. The van der Waals surface area contributed by atoms with E-state index in [0.29, 0.717) is 5.75 Å². The van der Waals surface area contributed by atoms with E-state index in [1.165, 1.54) is 21.8 Å². The number of carbonyl (C=O) groups is 1. The molecule has 0 saturated heterocycles. The second-order valence-electron chi connectivity index (χ2n) is 3.58. The van der Waals surface area contributed by atoms with Gasteiger partial charge in [0.05, 0.1) is 14.4 Å². The highest BCUT2D eigenvalue weighted by molar-refractivity contribution is 9.11. The van der Waals surface area contributed by atoms with E-state index in [1.54, 1.807) is 11.8 Å². The molecule has 0 N–H and O–H groups in total. The number of benzene rings is 1. The zero-order valence-electron chi connectivity index (χ0n) is 9.27. The van der Waals surface area contributed by atoms with Crippen molar-refractivity contribution in [1.29, 1.82) is 0 Å². The van der Waals surface area contributed by atoms with Gasteiger partial charge in [0.1, 0.15) is 0 Å². The fraction of sp³-hybridized carbons (Fsp3) is 0.154. The lowest BCUT2D eigenvalue weighted by molar-refractivity contribution is 0.102. The molecule has 0 aliphatic carbocycles. The number of ketones is 1. The molecule has 0 bridgehead atoms. The Balaban J connectivity index is 1.99. The standard InChI is InChI=1S/C13H11BrOS2/c1-9-4-2-3-5-11(9)16-8-10(15)12-6-7-13(14)17-12/h2-7H,8H2,1H3. The smallest absolute Gasteiger partial charge is 0.183 e. The minimum absolute atomic E-state index is 0.189. The molecule has 88 valence electrons. The molecular weight excluding hydrogens is 316 g/mol. The highest BCUT2D eigenvalue weighted by atomic mass is 79.9. The van der Waals surface area contributed by atoms with Crippen LogP contribution in [0, 0.1) is 6.92 Å². The quantitative estimate of drug-likeness (QED) is 0.593. The Labute approximate surface area is 117 Å². The summed E-state index contributed by atoms with van der Waals surface area (Å²) in [5, 5.41) is 0. The summed E-state index contributed by atoms with van der Waals surface area (Å²) in [5.41, 5.74) is 1.22. The molecule has 1 aromatic carbocycles. The normalized spacial score (nSPS) is 10.5. The minimum atomic E-state index is 0.189. The van der Waals surface area contributed by atoms with Crippen LogP contribution in [0.2, 0.25) is 0 Å². The van der Waals surface area contributed by atoms with Crippen molar-refractivity contribution in [1.82, 2.24) is 0 Å². The number of thiophene rings is 1. The predicted molar refractivity (Wildman–Crippen MR) is 78.3 cm³/mol. The summed E-state index contributed by atoms with van der Waals surface area (Å²) in [7, 11) is 0. The van der Waals surface area contributed by atoms with Crippen LogP contribution >= 0.6 is 39.0 Å². The van der Waals surface area contributed by atoms with E-state index in [1.807, 2.05) is 24.3 Å². The number of hydrogen-bond donors (Lipinski definition) is 0. The molecule has 0 atom stereocenters. The summed E-state index contributed by atoms with van der Waals surface area (Å²) in [6, 6.07) is 11.9. The lowest BCUT2D eigenvalue weighted by Gasteiger charge is -2.03. The number of thioether (sulfide) groups is 1. The van der Waals surface area contributed by atoms with Crippen LogP contribution in [0.4, 0.5) is 0 Å². The third kappa shape index (κ3) is 3.44. The molecule has 1 aromatic heterocycles. The third-order valence-electron chi connectivity index (χ3n) is 2.30. The van der Waals surface area contributed by atoms with Gasteiger partial charge in [-0.1, -0.05) is 18.2 Å². The second kappa shape index (κ2) is 5.85. The van der Waals surface area contributed by atoms with Gasteiger partial charge in [0.25, 0.3) is 0 Å². The Morgan fingerprint density at radius 2 is 2.06 bits per heavy atom. The number of halogens is 1.